The van der Waals surface area contributed by atoms with E-state index in [2.05, 4.69) is 21.7 Å². The molecule has 0 aromatic heterocycles. The molecule has 1 atom stereocenters. The molecule has 300 valence electrons. The minimum absolute atomic E-state index is 0.107. The highest BCUT2D eigenvalue weighted by Crippen LogP contribution is 2.39. The standard InChI is InChI=1S/C43H51F4N5O4/c1-29(2)36-10-9-35(26-37(36)43(45,46)47)51-17-14-30(15-18-51)31-7-12-40(38(44)25-31)56-23-5-4-16-50-19-21-52(22-20-50)34-8-6-32(28-53)33(24-34)27-49(3)39-11-13-41(54)48-42(39)55/h6-10,12,24-26,28,30,39H,1,4-5,11,13-23,27H2,2-3H3,(H,48,54,55). The molecular formula is C43H51F4N5O4. The fraction of sp³-hybridized carbons (Fsp3) is 0.465. The summed E-state index contributed by atoms with van der Waals surface area (Å²) in [6, 6.07) is 14.9. The first-order valence-electron chi connectivity index (χ1n) is 19.4. The number of halogens is 4. The van der Waals surface area contributed by atoms with Gasteiger partial charge in [-0.3, -0.25) is 29.5 Å². The second-order valence-corrected chi connectivity index (χ2v) is 15.2. The topological polar surface area (TPSA) is 85.4 Å². The number of aldehydes is 1. The summed E-state index contributed by atoms with van der Waals surface area (Å²) in [7, 11) is 1.83. The molecule has 3 aliphatic rings. The minimum atomic E-state index is -4.47. The molecule has 3 saturated heterocycles. The number of unbranched alkanes of at least 4 members (excludes halogenated alkanes) is 1. The van der Waals surface area contributed by atoms with Gasteiger partial charge in [0.15, 0.2) is 11.6 Å². The Morgan fingerprint density at radius 3 is 2.29 bits per heavy atom. The summed E-state index contributed by atoms with van der Waals surface area (Å²) in [5.74, 6) is -0.633. The number of piperidine rings is 2. The lowest BCUT2D eigenvalue weighted by molar-refractivity contribution is -0.138. The van der Waals surface area contributed by atoms with E-state index in [1.807, 2.05) is 41.1 Å². The van der Waals surface area contributed by atoms with E-state index >= 15 is 4.39 Å². The maximum atomic E-state index is 15.1. The SMILES string of the molecule is C=C(C)c1ccc(N2CCC(c3ccc(OCCCCN4CCN(c5ccc(C=O)c(CN(C)C6CCC(=O)NC6=O)c5)CC4)c(F)c3)CC2)cc1C(F)(F)F. The van der Waals surface area contributed by atoms with Gasteiger partial charge >= 0.3 is 6.18 Å². The normalized spacial score (nSPS) is 18.7. The van der Waals surface area contributed by atoms with E-state index in [0.29, 0.717) is 68.7 Å². The number of hydrogen-bond acceptors (Lipinski definition) is 8. The van der Waals surface area contributed by atoms with Gasteiger partial charge in [-0.2, -0.15) is 13.2 Å². The Bertz CT molecular complexity index is 1900. The second kappa shape index (κ2) is 18.0. The van der Waals surface area contributed by atoms with Crippen molar-refractivity contribution in [1.29, 1.82) is 0 Å². The number of alkyl halides is 3. The van der Waals surface area contributed by atoms with Gasteiger partial charge in [0, 0.05) is 69.2 Å². The lowest BCUT2D eigenvalue weighted by atomic mass is 9.89. The Morgan fingerprint density at radius 2 is 1.62 bits per heavy atom. The first-order valence-corrected chi connectivity index (χ1v) is 19.4. The number of rotatable bonds is 14. The van der Waals surface area contributed by atoms with Crippen LogP contribution in [0.2, 0.25) is 0 Å². The zero-order valence-electron chi connectivity index (χ0n) is 32.2. The summed E-state index contributed by atoms with van der Waals surface area (Å²) < 4.78 is 62.1. The van der Waals surface area contributed by atoms with Gasteiger partial charge in [-0.15, -0.1) is 0 Å². The second-order valence-electron chi connectivity index (χ2n) is 15.2. The lowest BCUT2D eigenvalue weighted by Gasteiger charge is -2.36. The van der Waals surface area contributed by atoms with Crippen molar-refractivity contribution in [2.75, 3.05) is 69.3 Å². The largest absolute Gasteiger partial charge is 0.491 e. The Hall–Kier alpha value is -4.75. The minimum Gasteiger partial charge on any atom is -0.491 e. The summed E-state index contributed by atoms with van der Waals surface area (Å²) in [6.07, 6.45) is 0.211. The summed E-state index contributed by atoms with van der Waals surface area (Å²) in [6.45, 7) is 11.6. The quantitative estimate of drug-likeness (QED) is 0.0792. The monoisotopic (exact) mass is 777 g/mol. The molecular weight excluding hydrogens is 726 g/mol. The maximum absolute atomic E-state index is 15.1. The van der Waals surface area contributed by atoms with Gasteiger partial charge in [-0.05, 0) is 118 Å². The number of anilines is 2. The van der Waals surface area contributed by atoms with Gasteiger partial charge in [0.2, 0.25) is 11.8 Å². The molecule has 3 aromatic carbocycles. The molecule has 56 heavy (non-hydrogen) atoms. The van der Waals surface area contributed by atoms with Gasteiger partial charge in [-0.1, -0.05) is 24.3 Å². The smallest absolute Gasteiger partial charge is 0.417 e. The van der Waals surface area contributed by atoms with Crippen molar-refractivity contribution in [3.05, 3.63) is 94.8 Å². The van der Waals surface area contributed by atoms with Crippen LogP contribution in [-0.4, -0.2) is 93.4 Å². The number of nitrogens with one attached hydrogen (secondary N) is 1. The Kier molecular flexibility index (Phi) is 13.2. The molecule has 3 aromatic rings. The number of imide groups is 1. The van der Waals surface area contributed by atoms with E-state index in [9.17, 15) is 27.6 Å². The van der Waals surface area contributed by atoms with Crippen LogP contribution < -0.4 is 19.9 Å². The third-order valence-corrected chi connectivity index (χ3v) is 11.3. The van der Waals surface area contributed by atoms with Gasteiger partial charge < -0.3 is 14.5 Å². The fourth-order valence-electron chi connectivity index (χ4n) is 8.07. The maximum Gasteiger partial charge on any atom is 0.417 e. The highest BCUT2D eigenvalue weighted by Gasteiger charge is 2.35. The zero-order chi connectivity index (χ0) is 40.0. The van der Waals surface area contributed by atoms with Crippen molar-refractivity contribution < 1.29 is 36.7 Å². The van der Waals surface area contributed by atoms with Crippen molar-refractivity contribution >= 4 is 35.0 Å². The molecule has 2 amide bonds. The fourth-order valence-corrected chi connectivity index (χ4v) is 8.07. The Morgan fingerprint density at radius 1 is 0.929 bits per heavy atom. The van der Waals surface area contributed by atoms with Crippen molar-refractivity contribution in [2.45, 2.75) is 70.1 Å². The van der Waals surface area contributed by atoms with Crippen molar-refractivity contribution in [2.24, 2.45) is 0 Å². The third kappa shape index (κ3) is 9.97. The predicted molar refractivity (Wildman–Crippen MR) is 210 cm³/mol. The van der Waals surface area contributed by atoms with Crippen LogP contribution in [0.3, 0.4) is 0 Å². The van der Waals surface area contributed by atoms with E-state index in [4.69, 9.17) is 4.74 Å². The molecule has 0 saturated carbocycles. The summed E-state index contributed by atoms with van der Waals surface area (Å²) in [5, 5.41) is 2.40. The van der Waals surface area contributed by atoms with Gasteiger partial charge in [0.1, 0.15) is 6.29 Å². The molecule has 0 radical (unpaired) electrons. The molecule has 6 rings (SSSR count). The number of benzene rings is 3. The number of allylic oxidation sites excluding steroid dienone is 1. The number of likely N-dealkylation sites (N-methyl/N-ethyl adjacent to an activating group) is 1. The number of nitrogens with zero attached hydrogens (tertiary/aromatic N) is 4. The van der Waals surface area contributed by atoms with Crippen LogP contribution in [0.15, 0.2) is 61.2 Å². The Balaban J connectivity index is 0.912. The van der Waals surface area contributed by atoms with E-state index in [1.54, 1.807) is 19.1 Å². The molecule has 3 heterocycles. The van der Waals surface area contributed by atoms with Crippen LogP contribution in [0.25, 0.3) is 5.57 Å². The first-order chi connectivity index (χ1) is 26.8. The molecule has 1 N–H and O–H groups in total. The average molecular weight is 778 g/mol. The van der Waals surface area contributed by atoms with Crippen molar-refractivity contribution in [3.63, 3.8) is 0 Å². The molecule has 0 spiro atoms. The van der Waals surface area contributed by atoms with Crippen LogP contribution in [0.4, 0.5) is 28.9 Å². The summed E-state index contributed by atoms with van der Waals surface area (Å²) >= 11 is 0. The number of carbonyl (C=O) groups is 3. The number of ether oxygens (including phenoxy) is 1. The van der Waals surface area contributed by atoms with Gasteiger partial charge in [0.25, 0.3) is 0 Å². The summed E-state index contributed by atoms with van der Waals surface area (Å²) in [5.41, 5.74) is 3.66. The van der Waals surface area contributed by atoms with Crippen molar-refractivity contribution in [1.82, 2.24) is 15.1 Å². The van der Waals surface area contributed by atoms with E-state index in [0.717, 1.165) is 68.7 Å². The highest BCUT2D eigenvalue weighted by atomic mass is 19.4. The third-order valence-electron chi connectivity index (χ3n) is 11.3. The van der Waals surface area contributed by atoms with Crippen LogP contribution >= 0.6 is 0 Å². The lowest BCUT2D eigenvalue weighted by Crippen LogP contribution is -2.51. The van der Waals surface area contributed by atoms with Crippen LogP contribution in [0.5, 0.6) is 5.75 Å². The molecule has 13 heteroatoms. The highest BCUT2D eigenvalue weighted by molar-refractivity contribution is 6.00. The predicted octanol–water partition coefficient (Wildman–Crippen LogP) is 7.29. The summed E-state index contributed by atoms with van der Waals surface area (Å²) in [4.78, 5) is 44.3. The van der Waals surface area contributed by atoms with Gasteiger partial charge in [-0.25, -0.2) is 4.39 Å². The number of amides is 2. The molecule has 9 nitrogen and oxygen atoms in total. The van der Waals surface area contributed by atoms with Gasteiger partial charge in [0.05, 0.1) is 18.2 Å². The van der Waals surface area contributed by atoms with Crippen molar-refractivity contribution in [3.8, 4) is 5.75 Å². The molecule has 0 aliphatic carbocycles. The molecule has 3 fully saturated rings. The van der Waals surface area contributed by atoms with Crippen LogP contribution in [-0.2, 0) is 22.3 Å². The number of piperazine rings is 1. The zero-order valence-corrected chi connectivity index (χ0v) is 32.2. The van der Waals surface area contributed by atoms with E-state index in [1.165, 1.54) is 18.2 Å². The Labute approximate surface area is 326 Å². The molecule has 3 aliphatic heterocycles. The molecule has 1 unspecified atom stereocenters. The average Bonchev–Trinajstić information content (AvgIpc) is 3.18. The van der Waals surface area contributed by atoms with Crippen LogP contribution in [0.1, 0.15) is 84.0 Å². The number of hydrogen-bond donors (Lipinski definition) is 1. The van der Waals surface area contributed by atoms with E-state index in [-0.39, 0.29) is 29.0 Å². The first kappa shape index (κ1) is 40.9. The van der Waals surface area contributed by atoms with Crippen LogP contribution in [0, 0.1) is 5.82 Å². The molecule has 0 bridgehead atoms. The van der Waals surface area contributed by atoms with E-state index < -0.39 is 23.6 Å². The number of carbonyl (C=O) groups excluding carboxylic acids is 3.